The van der Waals surface area contributed by atoms with E-state index in [1.165, 1.54) is 24.3 Å². The van der Waals surface area contributed by atoms with E-state index in [2.05, 4.69) is 15.5 Å². The summed E-state index contributed by atoms with van der Waals surface area (Å²) in [4.78, 5) is 38.4. The zero-order valence-electron chi connectivity index (χ0n) is 20.7. The predicted octanol–water partition coefficient (Wildman–Crippen LogP) is 4.14. The number of nitrogens with zero attached hydrogens (tertiary/aromatic N) is 2. The Balaban J connectivity index is 1.47. The molecule has 2 aromatic carbocycles. The van der Waals surface area contributed by atoms with Crippen LogP contribution in [-0.4, -0.2) is 45.7 Å². The number of carbonyl (C=O) groups excluding carboxylic acids is 2. The Morgan fingerprint density at radius 1 is 1.08 bits per heavy atom. The fraction of sp³-hybridized carbons (Fsp3) is 0.333. The lowest BCUT2D eigenvalue weighted by molar-refractivity contribution is -0.185. The molecular weight excluding hydrogens is 504 g/mol. The number of halogens is 4. The van der Waals surface area contributed by atoms with Gasteiger partial charge >= 0.3 is 6.18 Å². The van der Waals surface area contributed by atoms with Crippen molar-refractivity contribution in [3.63, 3.8) is 0 Å². The molecule has 1 fully saturated rings. The first-order valence-electron chi connectivity index (χ1n) is 12.0. The van der Waals surface area contributed by atoms with Gasteiger partial charge in [0, 0.05) is 17.5 Å². The predicted molar refractivity (Wildman–Crippen MR) is 131 cm³/mol. The van der Waals surface area contributed by atoms with Crippen molar-refractivity contribution >= 4 is 11.8 Å². The second-order valence-electron chi connectivity index (χ2n) is 9.37. The van der Waals surface area contributed by atoms with Crippen LogP contribution in [0.25, 0.3) is 0 Å². The normalized spacial score (nSPS) is 17.5. The smallest absolute Gasteiger partial charge is 0.343 e. The zero-order valence-corrected chi connectivity index (χ0v) is 20.7. The largest absolute Gasteiger partial charge is 0.408 e. The average molecular weight is 531 g/mol. The third kappa shape index (κ3) is 5.92. The summed E-state index contributed by atoms with van der Waals surface area (Å²) in [5, 5.41) is 8.68. The summed E-state index contributed by atoms with van der Waals surface area (Å²) < 4.78 is 54.9. The number of benzene rings is 2. The Kier molecular flexibility index (Phi) is 7.66. The van der Waals surface area contributed by atoms with Crippen molar-refractivity contribution in [1.29, 1.82) is 0 Å². The Hall–Kier alpha value is -4.02. The van der Waals surface area contributed by atoms with Crippen molar-refractivity contribution in [2.45, 2.75) is 51.4 Å². The van der Waals surface area contributed by atoms with Gasteiger partial charge in [-0.25, -0.2) is 9.49 Å². The Labute approximate surface area is 215 Å². The Morgan fingerprint density at radius 2 is 1.84 bits per heavy atom. The lowest BCUT2D eigenvalue weighted by atomic mass is 9.99. The summed E-state index contributed by atoms with van der Waals surface area (Å²) in [6.07, 6.45) is -4.64. The molecule has 1 saturated heterocycles. The van der Waals surface area contributed by atoms with Gasteiger partial charge in [-0.2, -0.15) is 18.3 Å². The summed E-state index contributed by atoms with van der Waals surface area (Å²) in [5.74, 6) is -2.15. The van der Waals surface area contributed by atoms with Gasteiger partial charge in [-0.15, -0.1) is 0 Å². The monoisotopic (exact) mass is 530 g/mol. The van der Waals surface area contributed by atoms with E-state index in [-0.39, 0.29) is 29.5 Å². The molecule has 0 saturated carbocycles. The summed E-state index contributed by atoms with van der Waals surface area (Å²) in [6.45, 7) is 2.87. The van der Waals surface area contributed by atoms with Crippen LogP contribution in [0.1, 0.15) is 57.2 Å². The summed E-state index contributed by atoms with van der Waals surface area (Å²) in [5.41, 5.74) is 2.87. The highest BCUT2D eigenvalue weighted by Crippen LogP contribution is 2.42. The molecule has 1 aromatic heterocycles. The number of hydrogen-bond donors (Lipinski definition) is 2. The van der Waals surface area contributed by atoms with E-state index in [1.807, 2.05) is 0 Å². The van der Waals surface area contributed by atoms with Gasteiger partial charge in [0.05, 0.1) is 18.3 Å². The maximum absolute atomic E-state index is 13.7. The maximum Gasteiger partial charge on any atom is 0.408 e. The molecule has 200 valence electrons. The minimum Gasteiger partial charge on any atom is -0.343 e. The molecule has 2 atom stereocenters. The molecule has 3 aromatic rings. The minimum absolute atomic E-state index is 0.0216. The molecule has 1 aliphatic heterocycles. The third-order valence-electron chi connectivity index (χ3n) is 6.68. The molecule has 11 heteroatoms. The van der Waals surface area contributed by atoms with Crippen LogP contribution in [0.5, 0.6) is 0 Å². The fourth-order valence-corrected chi connectivity index (χ4v) is 4.80. The van der Waals surface area contributed by atoms with Crippen molar-refractivity contribution in [2.75, 3.05) is 6.54 Å². The molecule has 1 unspecified atom stereocenters. The van der Waals surface area contributed by atoms with Gasteiger partial charge in [-0.3, -0.25) is 14.4 Å². The van der Waals surface area contributed by atoms with Crippen LogP contribution in [0.15, 0.2) is 53.3 Å². The molecule has 38 heavy (non-hydrogen) atoms. The van der Waals surface area contributed by atoms with Crippen molar-refractivity contribution in [1.82, 2.24) is 20.4 Å². The van der Waals surface area contributed by atoms with Crippen LogP contribution in [-0.2, 0) is 11.2 Å². The van der Waals surface area contributed by atoms with E-state index in [4.69, 9.17) is 0 Å². The van der Waals surface area contributed by atoms with E-state index in [0.29, 0.717) is 22.6 Å². The van der Waals surface area contributed by atoms with E-state index in [0.717, 1.165) is 17.2 Å². The SMILES string of the molecule is Cc1cc(Cc2ccc(C(=O)NCC(=O)N3C(C(F)(F)F)CC[C@H]3c3cccc(F)c3)cc2C)c(=O)[nH]n1. The number of rotatable bonds is 6. The number of amides is 2. The van der Waals surface area contributed by atoms with Crippen LogP contribution in [0.2, 0.25) is 0 Å². The van der Waals surface area contributed by atoms with Crippen LogP contribution < -0.4 is 10.9 Å². The molecule has 0 spiro atoms. The van der Waals surface area contributed by atoms with Crippen molar-refractivity contribution in [3.05, 3.63) is 98.2 Å². The van der Waals surface area contributed by atoms with E-state index in [1.54, 1.807) is 32.0 Å². The summed E-state index contributed by atoms with van der Waals surface area (Å²) in [6, 6.07) is 8.64. The minimum atomic E-state index is -4.66. The van der Waals surface area contributed by atoms with Crippen molar-refractivity contribution in [3.8, 4) is 0 Å². The fourth-order valence-electron chi connectivity index (χ4n) is 4.80. The third-order valence-corrected chi connectivity index (χ3v) is 6.68. The molecule has 2 amide bonds. The van der Waals surface area contributed by atoms with Gasteiger partial charge in [0.2, 0.25) is 5.91 Å². The molecule has 0 aliphatic carbocycles. The molecule has 0 radical (unpaired) electrons. The first-order chi connectivity index (χ1) is 17.9. The molecule has 2 heterocycles. The van der Waals surface area contributed by atoms with Gasteiger partial charge in [0.25, 0.3) is 11.5 Å². The van der Waals surface area contributed by atoms with Gasteiger partial charge in [0.1, 0.15) is 11.9 Å². The quantitative estimate of drug-likeness (QED) is 0.469. The molecule has 7 nitrogen and oxygen atoms in total. The van der Waals surface area contributed by atoms with Gasteiger partial charge in [-0.05, 0) is 73.7 Å². The van der Waals surface area contributed by atoms with Gasteiger partial charge < -0.3 is 10.2 Å². The van der Waals surface area contributed by atoms with Crippen LogP contribution in [0.4, 0.5) is 17.6 Å². The summed E-state index contributed by atoms with van der Waals surface area (Å²) >= 11 is 0. The Morgan fingerprint density at radius 3 is 2.53 bits per heavy atom. The van der Waals surface area contributed by atoms with Crippen LogP contribution >= 0.6 is 0 Å². The second-order valence-corrected chi connectivity index (χ2v) is 9.37. The number of aryl methyl sites for hydroxylation is 2. The number of likely N-dealkylation sites (tertiary alicyclic amines) is 1. The van der Waals surface area contributed by atoms with Crippen molar-refractivity contribution < 1.29 is 27.2 Å². The van der Waals surface area contributed by atoms with E-state index in [9.17, 15) is 31.9 Å². The number of carbonyl (C=O) groups is 2. The first kappa shape index (κ1) is 27.0. The summed E-state index contributed by atoms with van der Waals surface area (Å²) in [7, 11) is 0. The number of alkyl halides is 3. The van der Waals surface area contributed by atoms with E-state index < -0.39 is 42.4 Å². The first-order valence-corrected chi connectivity index (χ1v) is 12.0. The zero-order chi connectivity index (χ0) is 27.6. The number of nitrogens with one attached hydrogen (secondary N) is 2. The molecular formula is C27H26F4N4O3. The molecule has 4 rings (SSSR count). The number of hydrogen-bond acceptors (Lipinski definition) is 4. The average Bonchev–Trinajstić information content (AvgIpc) is 3.32. The second kappa shape index (κ2) is 10.8. The number of H-pyrrole nitrogens is 1. The van der Waals surface area contributed by atoms with Gasteiger partial charge in [-0.1, -0.05) is 18.2 Å². The van der Waals surface area contributed by atoms with Gasteiger partial charge in [0.15, 0.2) is 0 Å². The number of aromatic nitrogens is 2. The maximum atomic E-state index is 13.7. The molecule has 0 bridgehead atoms. The lowest BCUT2D eigenvalue weighted by Gasteiger charge is -2.32. The highest BCUT2D eigenvalue weighted by atomic mass is 19.4. The van der Waals surface area contributed by atoms with Crippen LogP contribution in [0.3, 0.4) is 0 Å². The molecule has 2 N–H and O–H groups in total. The topological polar surface area (TPSA) is 95.2 Å². The molecule has 1 aliphatic rings. The standard InChI is InChI=1S/C27H26F4N4O3/c1-15-10-19(7-6-17(15)12-20-11-16(2)33-34-26(20)38)25(37)32-14-24(36)35-22(8-9-23(35)27(29,30)31)18-4-3-5-21(28)13-18/h3-7,10-11,13,22-23H,8-9,12,14H2,1-2H3,(H,32,37)(H,34,38)/t22-,23?/m0/s1. The highest BCUT2D eigenvalue weighted by molar-refractivity contribution is 5.96. The lowest BCUT2D eigenvalue weighted by Crippen LogP contribution is -2.49. The highest BCUT2D eigenvalue weighted by Gasteiger charge is 2.51. The Bertz CT molecular complexity index is 1420. The van der Waals surface area contributed by atoms with E-state index >= 15 is 0 Å². The van der Waals surface area contributed by atoms with Crippen LogP contribution in [0, 0.1) is 19.7 Å². The number of aromatic amines is 1. The van der Waals surface area contributed by atoms with Crippen molar-refractivity contribution in [2.24, 2.45) is 0 Å².